The van der Waals surface area contributed by atoms with Crippen LogP contribution in [0.4, 0.5) is 0 Å². The van der Waals surface area contributed by atoms with E-state index in [1.165, 1.54) is 6.92 Å². The highest BCUT2D eigenvalue weighted by molar-refractivity contribution is 7.98. The first-order chi connectivity index (χ1) is 10.9. The Morgan fingerprint density at radius 1 is 1.57 bits per heavy atom. The molecule has 8 nitrogen and oxygen atoms in total. The third kappa shape index (κ3) is 5.85. The van der Waals surface area contributed by atoms with Crippen LogP contribution in [0.2, 0.25) is 0 Å². The van der Waals surface area contributed by atoms with Gasteiger partial charge in [-0.3, -0.25) is 4.79 Å². The van der Waals surface area contributed by atoms with Crippen LogP contribution < -0.4 is 11.1 Å². The van der Waals surface area contributed by atoms with Crippen molar-refractivity contribution in [1.82, 2.24) is 10.3 Å². The van der Waals surface area contributed by atoms with E-state index in [1.807, 2.05) is 6.26 Å². The summed E-state index contributed by atoms with van der Waals surface area (Å²) in [6, 6.07) is -1.57. The first kappa shape index (κ1) is 19.5. The minimum Gasteiger partial charge on any atom is -0.464 e. The Labute approximate surface area is 139 Å². The highest BCUT2D eigenvalue weighted by Crippen LogP contribution is 2.14. The number of rotatable bonds is 9. The molecule has 0 aliphatic carbocycles. The zero-order valence-electron chi connectivity index (χ0n) is 13.4. The second kappa shape index (κ2) is 9.53. The van der Waals surface area contributed by atoms with Gasteiger partial charge in [-0.2, -0.15) is 11.8 Å². The average Bonchev–Trinajstić information content (AvgIpc) is 3.00. The van der Waals surface area contributed by atoms with Gasteiger partial charge in [-0.25, -0.2) is 9.78 Å². The molecule has 0 aliphatic heterocycles. The van der Waals surface area contributed by atoms with Crippen molar-refractivity contribution in [2.75, 3.05) is 18.6 Å². The summed E-state index contributed by atoms with van der Waals surface area (Å²) in [5.41, 5.74) is 5.69. The van der Waals surface area contributed by atoms with Crippen LogP contribution in [0.1, 0.15) is 42.7 Å². The van der Waals surface area contributed by atoms with Crippen molar-refractivity contribution in [2.45, 2.75) is 38.5 Å². The van der Waals surface area contributed by atoms with Crippen molar-refractivity contribution in [1.29, 1.82) is 0 Å². The number of thioether (sulfide) groups is 1. The van der Waals surface area contributed by atoms with Crippen LogP contribution in [-0.4, -0.2) is 52.7 Å². The molecule has 0 spiro atoms. The number of hydrogen-bond donors (Lipinski definition) is 3. The highest BCUT2D eigenvalue weighted by Gasteiger charge is 2.25. The second-order valence-corrected chi connectivity index (χ2v) is 5.88. The van der Waals surface area contributed by atoms with Crippen LogP contribution in [0.3, 0.4) is 0 Å². The number of aliphatic hydroxyl groups is 1. The van der Waals surface area contributed by atoms with Gasteiger partial charge in [0, 0.05) is 0 Å². The molecule has 1 aromatic rings. The summed E-state index contributed by atoms with van der Waals surface area (Å²) >= 11 is 1.56. The van der Waals surface area contributed by atoms with Gasteiger partial charge in [0.1, 0.15) is 18.3 Å². The van der Waals surface area contributed by atoms with E-state index in [1.54, 1.807) is 18.7 Å². The van der Waals surface area contributed by atoms with Crippen LogP contribution in [0.25, 0.3) is 0 Å². The molecular formula is C14H23N3O5S. The number of nitrogens with two attached hydrogens (primary N) is 1. The highest BCUT2D eigenvalue weighted by atomic mass is 32.2. The molecule has 130 valence electrons. The summed E-state index contributed by atoms with van der Waals surface area (Å²) in [6.07, 6.45) is 2.64. The maximum atomic E-state index is 12.2. The summed E-state index contributed by atoms with van der Waals surface area (Å²) in [7, 11) is 0. The molecule has 0 aromatic carbocycles. The van der Waals surface area contributed by atoms with Crippen LogP contribution in [0.15, 0.2) is 10.7 Å². The zero-order valence-corrected chi connectivity index (χ0v) is 14.3. The lowest BCUT2D eigenvalue weighted by atomic mass is 10.2. The molecule has 3 unspecified atom stereocenters. The standard InChI is InChI=1S/C14H23N3O5S/c1-4-21-14(20)9(5-6-23-3)16-12(19)10-7-22-13(17-10)11(15)8(2)18/h7-9,11,18H,4-6,15H2,1-3H3,(H,16,19). The summed E-state index contributed by atoms with van der Waals surface area (Å²) in [5.74, 6) is -0.293. The van der Waals surface area contributed by atoms with E-state index in [0.29, 0.717) is 12.2 Å². The molecule has 23 heavy (non-hydrogen) atoms. The quantitative estimate of drug-likeness (QED) is 0.551. The van der Waals surface area contributed by atoms with E-state index < -0.39 is 30.1 Å². The van der Waals surface area contributed by atoms with Crippen molar-refractivity contribution in [3.8, 4) is 0 Å². The SMILES string of the molecule is CCOC(=O)C(CCSC)NC(=O)c1coc(C(N)C(C)O)n1. The number of nitrogens with zero attached hydrogens (tertiary/aromatic N) is 1. The van der Waals surface area contributed by atoms with Crippen molar-refractivity contribution in [3.05, 3.63) is 17.8 Å². The fourth-order valence-corrected chi connectivity index (χ4v) is 2.18. The monoisotopic (exact) mass is 345 g/mol. The van der Waals surface area contributed by atoms with Gasteiger partial charge in [0.25, 0.3) is 5.91 Å². The number of aliphatic hydroxyl groups excluding tert-OH is 1. The first-order valence-corrected chi connectivity index (χ1v) is 8.65. The molecule has 4 N–H and O–H groups in total. The van der Waals surface area contributed by atoms with E-state index in [4.69, 9.17) is 14.9 Å². The molecular weight excluding hydrogens is 322 g/mol. The number of amides is 1. The minimum atomic E-state index is -0.863. The van der Waals surface area contributed by atoms with Gasteiger partial charge in [-0.05, 0) is 32.3 Å². The van der Waals surface area contributed by atoms with Gasteiger partial charge in [0.2, 0.25) is 5.89 Å². The van der Waals surface area contributed by atoms with Gasteiger partial charge < -0.3 is 25.3 Å². The molecule has 9 heteroatoms. The number of hydrogen-bond acceptors (Lipinski definition) is 8. The Hall–Kier alpha value is -1.58. The number of ether oxygens (including phenoxy) is 1. The van der Waals surface area contributed by atoms with Gasteiger partial charge in [0.15, 0.2) is 5.69 Å². The average molecular weight is 345 g/mol. The molecule has 1 heterocycles. The molecule has 3 atom stereocenters. The summed E-state index contributed by atoms with van der Waals surface area (Å²) < 4.78 is 10.1. The van der Waals surface area contributed by atoms with Crippen LogP contribution in [0.5, 0.6) is 0 Å². The third-order valence-electron chi connectivity index (χ3n) is 3.05. The maximum Gasteiger partial charge on any atom is 0.328 e. The summed E-state index contributed by atoms with van der Waals surface area (Å²) in [6.45, 7) is 3.43. The second-order valence-electron chi connectivity index (χ2n) is 4.90. The normalized spacial score (nSPS) is 14.8. The smallest absolute Gasteiger partial charge is 0.328 e. The Bertz CT molecular complexity index is 520. The maximum absolute atomic E-state index is 12.2. The summed E-state index contributed by atoms with van der Waals surface area (Å²) in [5, 5.41) is 12.0. The molecule has 0 aliphatic rings. The van der Waals surface area contributed by atoms with Crippen LogP contribution in [-0.2, 0) is 9.53 Å². The predicted octanol–water partition coefficient (Wildman–Crippen LogP) is 0.470. The summed E-state index contributed by atoms with van der Waals surface area (Å²) in [4.78, 5) is 28.0. The largest absolute Gasteiger partial charge is 0.464 e. The van der Waals surface area contributed by atoms with Gasteiger partial charge >= 0.3 is 5.97 Å². The molecule has 0 saturated heterocycles. The van der Waals surface area contributed by atoms with Crippen molar-refractivity contribution >= 4 is 23.6 Å². The number of carbonyl (C=O) groups is 2. The molecule has 0 saturated carbocycles. The van der Waals surface area contributed by atoms with Crippen molar-refractivity contribution in [2.24, 2.45) is 5.73 Å². The number of carbonyl (C=O) groups excluding carboxylic acids is 2. The number of oxazole rings is 1. The number of nitrogens with one attached hydrogen (secondary N) is 1. The Morgan fingerprint density at radius 3 is 2.83 bits per heavy atom. The van der Waals surface area contributed by atoms with Crippen molar-refractivity contribution < 1.29 is 23.8 Å². The Morgan fingerprint density at radius 2 is 2.26 bits per heavy atom. The lowest BCUT2D eigenvalue weighted by molar-refractivity contribution is -0.145. The lowest BCUT2D eigenvalue weighted by Gasteiger charge is -2.16. The van der Waals surface area contributed by atoms with Crippen LogP contribution >= 0.6 is 11.8 Å². The fourth-order valence-electron chi connectivity index (χ4n) is 1.71. The Balaban J connectivity index is 2.76. The van der Waals surface area contributed by atoms with Gasteiger partial charge in [0.05, 0.1) is 12.7 Å². The van der Waals surface area contributed by atoms with E-state index in [-0.39, 0.29) is 18.2 Å². The third-order valence-corrected chi connectivity index (χ3v) is 3.69. The first-order valence-electron chi connectivity index (χ1n) is 7.26. The topological polar surface area (TPSA) is 128 Å². The minimum absolute atomic E-state index is 0.00505. The van der Waals surface area contributed by atoms with Gasteiger partial charge in [-0.15, -0.1) is 0 Å². The predicted molar refractivity (Wildman–Crippen MR) is 86.0 cm³/mol. The van der Waals surface area contributed by atoms with E-state index in [0.717, 1.165) is 6.26 Å². The molecule has 1 aromatic heterocycles. The number of esters is 1. The molecule has 1 amide bonds. The molecule has 0 fully saturated rings. The Kier molecular flexibility index (Phi) is 8.07. The zero-order chi connectivity index (χ0) is 17.4. The van der Waals surface area contributed by atoms with E-state index in [2.05, 4.69) is 10.3 Å². The number of aromatic nitrogens is 1. The molecule has 0 bridgehead atoms. The molecule has 0 radical (unpaired) electrons. The lowest BCUT2D eigenvalue weighted by Crippen LogP contribution is -2.42. The van der Waals surface area contributed by atoms with Crippen LogP contribution in [0, 0.1) is 0 Å². The van der Waals surface area contributed by atoms with E-state index >= 15 is 0 Å². The van der Waals surface area contributed by atoms with Gasteiger partial charge in [-0.1, -0.05) is 0 Å². The van der Waals surface area contributed by atoms with E-state index in [9.17, 15) is 14.7 Å². The van der Waals surface area contributed by atoms with Crippen molar-refractivity contribution in [3.63, 3.8) is 0 Å². The molecule has 1 rings (SSSR count). The fraction of sp³-hybridized carbons (Fsp3) is 0.643.